The van der Waals surface area contributed by atoms with E-state index in [4.69, 9.17) is 9.84 Å². The van der Waals surface area contributed by atoms with Gasteiger partial charge in [0.15, 0.2) is 6.61 Å². The number of carbonyl (C=O) groups excluding carboxylic acids is 2. The number of thioether (sulfide) groups is 1. The van der Waals surface area contributed by atoms with Crippen molar-refractivity contribution in [2.75, 3.05) is 30.1 Å². The third-order valence-electron chi connectivity index (χ3n) is 2.67. The number of para-hydroxylation sites is 2. The Hall–Kier alpha value is -2.22. The summed E-state index contributed by atoms with van der Waals surface area (Å²) in [6.45, 7) is -0.521. The molecule has 0 saturated carbocycles. The third-order valence-corrected chi connectivity index (χ3v) is 3.62. The molecular weight excluding hydrogens is 296 g/mol. The number of carboxylic acids is 1. The molecule has 7 nitrogen and oxygen atoms in total. The van der Waals surface area contributed by atoms with Gasteiger partial charge in [0.25, 0.3) is 0 Å². The zero-order valence-corrected chi connectivity index (χ0v) is 11.9. The lowest BCUT2D eigenvalue weighted by molar-refractivity contribution is -0.139. The maximum atomic E-state index is 11.9. The van der Waals surface area contributed by atoms with E-state index in [0.29, 0.717) is 17.3 Å². The van der Waals surface area contributed by atoms with Gasteiger partial charge in [-0.2, -0.15) is 0 Å². The number of anilines is 1. The van der Waals surface area contributed by atoms with Crippen LogP contribution in [0.3, 0.4) is 0 Å². The van der Waals surface area contributed by atoms with Gasteiger partial charge >= 0.3 is 5.97 Å². The summed E-state index contributed by atoms with van der Waals surface area (Å²) in [6, 6.07) is 6.54. The molecule has 2 rings (SSSR count). The predicted octanol–water partition coefficient (Wildman–Crippen LogP) is 0.621. The molecule has 1 aliphatic rings. The van der Waals surface area contributed by atoms with Crippen LogP contribution in [0.2, 0.25) is 0 Å². The van der Waals surface area contributed by atoms with E-state index in [1.54, 1.807) is 24.3 Å². The van der Waals surface area contributed by atoms with E-state index >= 15 is 0 Å². The molecule has 0 aliphatic carbocycles. The van der Waals surface area contributed by atoms with Crippen LogP contribution in [-0.4, -0.2) is 52.6 Å². The highest BCUT2D eigenvalue weighted by Crippen LogP contribution is 2.24. The molecule has 1 saturated heterocycles. The largest absolute Gasteiger partial charge is 0.480 e. The lowest BCUT2D eigenvalue weighted by atomic mass is 10.3. The van der Waals surface area contributed by atoms with Crippen LogP contribution in [-0.2, 0) is 14.4 Å². The minimum Gasteiger partial charge on any atom is -0.480 e. The summed E-state index contributed by atoms with van der Waals surface area (Å²) in [7, 11) is 0. The summed E-state index contributed by atoms with van der Waals surface area (Å²) in [5, 5.41) is 11.2. The lowest BCUT2D eigenvalue weighted by Crippen LogP contribution is -2.34. The molecule has 0 unspecified atom stereocenters. The molecule has 0 atom stereocenters. The van der Waals surface area contributed by atoms with Crippen LogP contribution in [0.4, 0.5) is 5.69 Å². The van der Waals surface area contributed by atoms with Crippen molar-refractivity contribution in [3.05, 3.63) is 24.3 Å². The number of carbonyl (C=O) groups is 3. The normalized spacial score (nSPS) is 14.1. The summed E-state index contributed by atoms with van der Waals surface area (Å²) >= 11 is 1.46. The average Bonchev–Trinajstić information content (AvgIpc) is 2.83. The average molecular weight is 310 g/mol. The van der Waals surface area contributed by atoms with Crippen molar-refractivity contribution in [1.29, 1.82) is 0 Å². The van der Waals surface area contributed by atoms with Crippen LogP contribution in [0.15, 0.2) is 24.3 Å². The van der Waals surface area contributed by atoms with Crippen LogP contribution >= 0.6 is 11.8 Å². The van der Waals surface area contributed by atoms with Crippen LogP contribution in [0.1, 0.15) is 0 Å². The Balaban J connectivity index is 1.96. The maximum absolute atomic E-state index is 11.9. The fourth-order valence-corrected chi connectivity index (χ4v) is 2.64. The highest BCUT2D eigenvalue weighted by molar-refractivity contribution is 8.00. The van der Waals surface area contributed by atoms with E-state index in [-0.39, 0.29) is 24.1 Å². The Kier molecular flexibility index (Phi) is 5.04. The first-order valence-electron chi connectivity index (χ1n) is 6.15. The molecule has 2 amide bonds. The van der Waals surface area contributed by atoms with Gasteiger partial charge in [0, 0.05) is 0 Å². The van der Waals surface area contributed by atoms with Crippen LogP contribution in [0.25, 0.3) is 0 Å². The minimum absolute atomic E-state index is 0.0287. The molecule has 0 bridgehead atoms. The molecule has 21 heavy (non-hydrogen) atoms. The summed E-state index contributed by atoms with van der Waals surface area (Å²) in [6.07, 6.45) is 0. The molecule has 1 aromatic rings. The molecule has 0 radical (unpaired) electrons. The quantitative estimate of drug-likeness (QED) is 0.800. The predicted molar refractivity (Wildman–Crippen MR) is 77.2 cm³/mol. The molecule has 2 N–H and O–H groups in total. The standard InChI is InChI=1S/C13H14N2O5S/c16-11(5-15-8-21-7-12(15)17)14-9-3-1-2-4-10(9)20-6-13(18)19/h1-4H,5-8H2,(H,14,16)(H,18,19). The molecule has 0 spiro atoms. The molecule has 0 aromatic heterocycles. The molecule has 1 heterocycles. The second kappa shape index (κ2) is 6.98. The Bertz CT molecular complexity index is 563. The first-order valence-corrected chi connectivity index (χ1v) is 7.30. The Morgan fingerprint density at radius 1 is 1.38 bits per heavy atom. The van der Waals surface area contributed by atoms with E-state index in [0.717, 1.165) is 0 Å². The smallest absolute Gasteiger partial charge is 0.341 e. The van der Waals surface area contributed by atoms with E-state index in [1.807, 2.05) is 0 Å². The lowest BCUT2D eigenvalue weighted by Gasteiger charge is -2.15. The van der Waals surface area contributed by atoms with Crippen LogP contribution in [0, 0.1) is 0 Å². The van der Waals surface area contributed by atoms with E-state index < -0.39 is 12.6 Å². The first kappa shape index (κ1) is 15.2. The van der Waals surface area contributed by atoms with Gasteiger partial charge in [-0.05, 0) is 12.1 Å². The number of nitrogens with zero attached hydrogens (tertiary/aromatic N) is 1. The second-order valence-electron chi connectivity index (χ2n) is 4.30. The van der Waals surface area contributed by atoms with E-state index in [9.17, 15) is 14.4 Å². The van der Waals surface area contributed by atoms with Crippen molar-refractivity contribution in [3.63, 3.8) is 0 Å². The molecule has 1 aliphatic heterocycles. The van der Waals surface area contributed by atoms with Gasteiger partial charge in [-0.3, -0.25) is 9.59 Å². The first-order chi connectivity index (χ1) is 10.1. The van der Waals surface area contributed by atoms with Gasteiger partial charge in [-0.15, -0.1) is 11.8 Å². The summed E-state index contributed by atoms with van der Waals surface area (Å²) in [5.74, 6) is -0.344. The zero-order valence-electron chi connectivity index (χ0n) is 11.1. The number of aliphatic carboxylic acids is 1. The Labute approximate surface area is 125 Å². The minimum atomic E-state index is -1.10. The number of hydrogen-bond acceptors (Lipinski definition) is 5. The van der Waals surface area contributed by atoms with Crippen molar-refractivity contribution >= 4 is 35.2 Å². The van der Waals surface area contributed by atoms with Crippen molar-refractivity contribution < 1.29 is 24.2 Å². The van der Waals surface area contributed by atoms with Gasteiger partial charge in [0.2, 0.25) is 11.8 Å². The number of benzene rings is 1. The van der Waals surface area contributed by atoms with Crippen molar-refractivity contribution in [3.8, 4) is 5.75 Å². The molecule has 1 fully saturated rings. The van der Waals surface area contributed by atoms with Gasteiger partial charge in [0.1, 0.15) is 12.3 Å². The van der Waals surface area contributed by atoms with Gasteiger partial charge < -0.3 is 20.1 Å². The summed E-state index contributed by atoms with van der Waals surface area (Å²) < 4.78 is 5.09. The van der Waals surface area contributed by atoms with E-state index in [2.05, 4.69) is 5.32 Å². The third kappa shape index (κ3) is 4.38. The number of amides is 2. The second-order valence-corrected chi connectivity index (χ2v) is 5.25. The Morgan fingerprint density at radius 3 is 2.81 bits per heavy atom. The maximum Gasteiger partial charge on any atom is 0.341 e. The van der Waals surface area contributed by atoms with Gasteiger partial charge in [0.05, 0.1) is 17.3 Å². The SMILES string of the molecule is O=C(O)COc1ccccc1NC(=O)CN1CSCC1=O. The number of carboxylic acid groups (broad SMARTS) is 1. The monoisotopic (exact) mass is 310 g/mol. The fraction of sp³-hybridized carbons (Fsp3) is 0.308. The van der Waals surface area contributed by atoms with Crippen LogP contribution < -0.4 is 10.1 Å². The topological polar surface area (TPSA) is 95.9 Å². The number of nitrogens with one attached hydrogen (secondary N) is 1. The van der Waals surface area contributed by atoms with Crippen molar-refractivity contribution in [1.82, 2.24) is 4.90 Å². The van der Waals surface area contributed by atoms with E-state index in [1.165, 1.54) is 16.7 Å². The van der Waals surface area contributed by atoms with Crippen LogP contribution in [0.5, 0.6) is 5.75 Å². The van der Waals surface area contributed by atoms with Crippen molar-refractivity contribution in [2.45, 2.75) is 0 Å². The molecule has 8 heteroatoms. The number of hydrogen-bond donors (Lipinski definition) is 2. The van der Waals surface area contributed by atoms with Crippen molar-refractivity contribution in [2.24, 2.45) is 0 Å². The fourth-order valence-electron chi connectivity index (χ4n) is 1.74. The molecule has 112 valence electrons. The molecular formula is C13H14N2O5S. The zero-order chi connectivity index (χ0) is 15.2. The summed E-state index contributed by atoms with van der Waals surface area (Å²) in [5.41, 5.74) is 0.378. The Morgan fingerprint density at radius 2 is 2.14 bits per heavy atom. The number of ether oxygens (including phenoxy) is 1. The molecule has 1 aromatic carbocycles. The highest BCUT2D eigenvalue weighted by Gasteiger charge is 2.23. The van der Waals surface area contributed by atoms with Gasteiger partial charge in [-0.25, -0.2) is 4.79 Å². The summed E-state index contributed by atoms with van der Waals surface area (Å²) in [4.78, 5) is 35.3. The highest BCUT2D eigenvalue weighted by atomic mass is 32.2. The number of rotatable bonds is 6. The van der Waals surface area contributed by atoms with Gasteiger partial charge in [-0.1, -0.05) is 12.1 Å².